The molecule has 122 valence electrons. The van der Waals surface area contributed by atoms with Crippen molar-refractivity contribution in [3.05, 3.63) is 41.7 Å². The van der Waals surface area contributed by atoms with Crippen LogP contribution in [-0.2, 0) is 11.8 Å². The Hall–Kier alpha value is -2.48. The van der Waals surface area contributed by atoms with Crippen LogP contribution in [0.1, 0.15) is 22.3 Å². The summed E-state index contributed by atoms with van der Waals surface area (Å²) in [5, 5.41) is 7.82. The van der Waals surface area contributed by atoms with E-state index in [1.165, 1.54) is 19.2 Å². The molecule has 0 aliphatic carbocycles. The van der Waals surface area contributed by atoms with Gasteiger partial charge in [0, 0.05) is 19.7 Å². The first-order chi connectivity index (χ1) is 11.1. The second-order valence-electron chi connectivity index (χ2n) is 5.26. The number of nitrogens with zero attached hydrogens (tertiary/aromatic N) is 4. The van der Waals surface area contributed by atoms with Gasteiger partial charge in [0.15, 0.2) is 5.82 Å². The van der Waals surface area contributed by atoms with Gasteiger partial charge in [-0.2, -0.15) is 0 Å². The molecule has 1 aliphatic rings. The Morgan fingerprint density at radius 3 is 2.96 bits per heavy atom. The Balaban J connectivity index is 1.78. The van der Waals surface area contributed by atoms with Gasteiger partial charge in [0.05, 0.1) is 25.8 Å². The van der Waals surface area contributed by atoms with E-state index in [9.17, 15) is 9.18 Å². The maximum atomic E-state index is 14.1. The number of rotatable bonds is 3. The highest BCUT2D eigenvalue weighted by Crippen LogP contribution is 2.23. The van der Waals surface area contributed by atoms with E-state index in [-0.39, 0.29) is 17.6 Å². The van der Waals surface area contributed by atoms with Gasteiger partial charge in [0.2, 0.25) is 0 Å². The van der Waals surface area contributed by atoms with E-state index in [0.717, 1.165) is 0 Å². The summed E-state index contributed by atoms with van der Waals surface area (Å²) >= 11 is 0. The van der Waals surface area contributed by atoms with Crippen LogP contribution in [0.15, 0.2) is 24.5 Å². The molecule has 8 heteroatoms. The molecule has 0 spiro atoms. The van der Waals surface area contributed by atoms with Crippen molar-refractivity contribution in [2.75, 3.05) is 26.8 Å². The van der Waals surface area contributed by atoms with Gasteiger partial charge < -0.3 is 18.9 Å². The van der Waals surface area contributed by atoms with E-state index >= 15 is 0 Å². The lowest BCUT2D eigenvalue weighted by Gasteiger charge is -2.32. The summed E-state index contributed by atoms with van der Waals surface area (Å²) in [5.74, 6) is 0.0346. The molecule has 0 radical (unpaired) electrons. The number of carbonyl (C=O) groups is 1. The summed E-state index contributed by atoms with van der Waals surface area (Å²) < 4.78 is 26.4. The van der Waals surface area contributed by atoms with Crippen LogP contribution < -0.4 is 4.74 Å². The van der Waals surface area contributed by atoms with E-state index in [0.29, 0.717) is 31.3 Å². The highest BCUT2D eigenvalue weighted by atomic mass is 19.1. The smallest absolute Gasteiger partial charge is 0.257 e. The van der Waals surface area contributed by atoms with Crippen molar-refractivity contribution < 1.29 is 18.7 Å². The number of amides is 1. The average Bonchev–Trinajstić information content (AvgIpc) is 3.00. The van der Waals surface area contributed by atoms with Crippen molar-refractivity contribution >= 4 is 5.91 Å². The van der Waals surface area contributed by atoms with Gasteiger partial charge in [-0.1, -0.05) is 0 Å². The molecule has 23 heavy (non-hydrogen) atoms. The van der Waals surface area contributed by atoms with Gasteiger partial charge in [-0.3, -0.25) is 4.79 Å². The summed E-state index contributed by atoms with van der Waals surface area (Å²) in [4.78, 5) is 14.1. The lowest BCUT2D eigenvalue weighted by Crippen LogP contribution is -2.43. The number of carbonyl (C=O) groups excluding carboxylic acids is 1. The largest absolute Gasteiger partial charge is 0.497 e. The Bertz CT molecular complexity index is 718. The molecule has 1 atom stereocenters. The summed E-state index contributed by atoms with van der Waals surface area (Å²) in [6, 6.07) is 4.20. The minimum Gasteiger partial charge on any atom is -0.497 e. The van der Waals surface area contributed by atoms with Crippen molar-refractivity contribution in [1.29, 1.82) is 0 Å². The van der Waals surface area contributed by atoms with E-state index in [1.54, 1.807) is 21.9 Å². The van der Waals surface area contributed by atoms with Crippen LogP contribution in [0.25, 0.3) is 0 Å². The number of aryl methyl sites for hydroxylation is 1. The standard InChI is InChI=1S/C15H17FN4O3/c1-19-9-17-18-14(19)13-8-20(5-6-23-13)15(21)11-4-3-10(22-2)7-12(11)16/h3-4,7,9,13H,5-6,8H2,1-2H3/t13-/m0/s1. The van der Waals surface area contributed by atoms with E-state index in [2.05, 4.69) is 10.2 Å². The fourth-order valence-electron chi connectivity index (χ4n) is 2.54. The highest BCUT2D eigenvalue weighted by molar-refractivity contribution is 5.94. The Morgan fingerprint density at radius 2 is 2.30 bits per heavy atom. The third-order valence-electron chi connectivity index (χ3n) is 3.79. The van der Waals surface area contributed by atoms with E-state index < -0.39 is 5.82 Å². The molecule has 2 aromatic rings. The zero-order valence-corrected chi connectivity index (χ0v) is 12.9. The van der Waals surface area contributed by atoms with Crippen LogP contribution in [-0.4, -0.2) is 52.4 Å². The van der Waals surface area contributed by atoms with Gasteiger partial charge in [-0.25, -0.2) is 4.39 Å². The number of morpholine rings is 1. The lowest BCUT2D eigenvalue weighted by atomic mass is 10.1. The first kappa shape index (κ1) is 15.4. The zero-order valence-electron chi connectivity index (χ0n) is 12.9. The predicted molar refractivity (Wildman–Crippen MR) is 78.6 cm³/mol. The lowest BCUT2D eigenvalue weighted by molar-refractivity contribution is -0.0282. The van der Waals surface area contributed by atoms with Gasteiger partial charge in [0.25, 0.3) is 5.91 Å². The second kappa shape index (κ2) is 6.33. The number of hydrogen-bond acceptors (Lipinski definition) is 5. The molecule has 7 nitrogen and oxygen atoms in total. The van der Waals surface area contributed by atoms with Gasteiger partial charge in [0.1, 0.15) is 24.0 Å². The molecule has 1 fully saturated rings. The van der Waals surface area contributed by atoms with Gasteiger partial charge in [-0.05, 0) is 12.1 Å². The van der Waals surface area contributed by atoms with Crippen molar-refractivity contribution in [1.82, 2.24) is 19.7 Å². The molecule has 1 aromatic carbocycles. The van der Waals surface area contributed by atoms with Gasteiger partial charge in [-0.15, -0.1) is 10.2 Å². The minimum absolute atomic E-state index is 0.0180. The van der Waals surface area contributed by atoms with Crippen molar-refractivity contribution in [2.24, 2.45) is 7.05 Å². The van der Waals surface area contributed by atoms with E-state index in [4.69, 9.17) is 9.47 Å². The number of halogens is 1. The fraction of sp³-hybridized carbons (Fsp3) is 0.400. The monoisotopic (exact) mass is 320 g/mol. The molecule has 1 amide bonds. The molecular weight excluding hydrogens is 303 g/mol. The quantitative estimate of drug-likeness (QED) is 0.849. The summed E-state index contributed by atoms with van der Waals surface area (Å²) in [6.45, 7) is 1.07. The number of methoxy groups -OCH3 is 1. The molecule has 1 saturated heterocycles. The number of ether oxygens (including phenoxy) is 2. The molecular formula is C15H17FN4O3. The molecule has 2 heterocycles. The first-order valence-electron chi connectivity index (χ1n) is 7.18. The van der Waals surface area contributed by atoms with Crippen molar-refractivity contribution in [2.45, 2.75) is 6.10 Å². The third kappa shape index (κ3) is 3.02. The van der Waals surface area contributed by atoms with Crippen LogP contribution in [0.2, 0.25) is 0 Å². The summed E-state index contributed by atoms with van der Waals surface area (Å²) in [6.07, 6.45) is 1.20. The highest BCUT2D eigenvalue weighted by Gasteiger charge is 2.29. The maximum Gasteiger partial charge on any atom is 0.257 e. The third-order valence-corrected chi connectivity index (χ3v) is 3.79. The SMILES string of the molecule is COc1ccc(C(=O)N2CCO[C@H](c3nncn3C)C2)c(F)c1. The van der Waals surface area contributed by atoms with Crippen LogP contribution in [0.5, 0.6) is 5.75 Å². The predicted octanol–water partition coefficient (Wildman–Crippen LogP) is 1.18. The van der Waals surface area contributed by atoms with Gasteiger partial charge >= 0.3 is 0 Å². The topological polar surface area (TPSA) is 69.5 Å². The number of hydrogen-bond donors (Lipinski definition) is 0. The summed E-state index contributed by atoms with van der Waals surface area (Å²) in [5.41, 5.74) is 0.0180. The first-order valence-corrected chi connectivity index (χ1v) is 7.18. The normalized spacial score (nSPS) is 18.0. The molecule has 0 saturated carbocycles. The Morgan fingerprint density at radius 1 is 1.48 bits per heavy atom. The molecule has 0 bridgehead atoms. The molecule has 1 aromatic heterocycles. The molecule has 0 N–H and O–H groups in total. The number of aromatic nitrogens is 3. The van der Waals surface area contributed by atoms with Crippen LogP contribution in [0.3, 0.4) is 0 Å². The van der Waals surface area contributed by atoms with E-state index in [1.807, 2.05) is 7.05 Å². The van der Waals surface area contributed by atoms with Crippen LogP contribution >= 0.6 is 0 Å². The molecule has 0 unspecified atom stereocenters. The zero-order chi connectivity index (χ0) is 16.4. The van der Waals surface area contributed by atoms with Crippen molar-refractivity contribution in [3.63, 3.8) is 0 Å². The van der Waals surface area contributed by atoms with Crippen molar-refractivity contribution in [3.8, 4) is 5.75 Å². The number of benzene rings is 1. The minimum atomic E-state index is -0.601. The Labute approximate surface area is 132 Å². The summed E-state index contributed by atoms with van der Waals surface area (Å²) in [7, 11) is 3.26. The van der Waals surface area contributed by atoms with Crippen LogP contribution in [0.4, 0.5) is 4.39 Å². The Kier molecular flexibility index (Phi) is 4.24. The fourth-order valence-corrected chi connectivity index (χ4v) is 2.54. The average molecular weight is 320 g/mol. The molecule has 3 rings (SSSR count). The van der Waals surface area contributed by atoms with Crippen LogP contribution in [0, 0.1) is 5.82 Å². The molecule has 1 aliphatic heterocycles. The second-order valence-corrected chi connectivity index (χ2v) is 5.26. The maximum absolute atomic E-state index is 14.1.